The summed E-state index contributed by atoms with van der Waals surface area (Å²) in [5.74, 6) is -0.104. The van der Waals surface area contributed by atoms with Crippen LogP contribution >= 0.6 is 0 Å². The van der Waals surface area contributed by atoms with Crippen LogP contribution in [0.4, 0.5) is 0 Å². The Labute approximate surface area is 130 Å². The molecule has 1 aliphatic carbocycles. The highest BCUT2D eigenvalue weighted by Gasteiger charge is 2.32. The van der Waals surface area contributed by atoms with Gasteiger partial charge in [0.15, 0.2) is 0 Å². The van der Waals surface area contributed by atoms with Crippen molar-refractivity contribution in [3.05, 3.63) is 54.1 Å². The summed E-state index contributed by atoms with van der Waals surface area (Å²) in [7, 11) is 0. The average Bonchev–Trinajstić information content (AvgIpc) is 3.08. The normalized spacial score (nSPS) is 21.5. The second-order valence-corrected chi connectivity index (χ2v) is 5.80. The molecule has 1 heterocycles. The van der Waals surface area contributed by atoms with Crippen molar-refractivity contribution in [3.63, 3.8) is 0 Å². The molecular weight excluding hydrogens is 278 g/mol. The zero-order valence-electron chi connectivity index (χ0n) is 12.5. The third-order valence-corrected chi connectivity index (χ3v) is 4.28. The molecule has 0 aliphatic heterocycles. The average molecular weight is 299 g/mol. The molecule has 1 aromatic carbocycles. The molecule has 5 nitrogen and oxygen atoms in total. The summed E-state index contributed by atoms with van der Waals surface area (Å²) in [6, 6.07) is 9.76. The molecule has 5 heteroatoms. The van der Waals surface area contributed by atoms with Gasteiger partial charge in [-0.3, -0.25) is 4.79 Å². The number of aromatic amines is 1. The van der Waals surface area contributed by atoms with Crippen LogP contribution < -0.4 is 0 Å². The number of hydrogen-bond acceptors (Lipinski definition) is 3. The van der Waals surface area contributed by atoms with E-state index in [1.807, 2.05) is 30.3 Å². The van der Waals surface area contributed by atoms with E-state index in [2.05, 4.69) is 9.97 Å². The second-order valence-electron chi connectivity index (χ2n) is 5.80. The van der Waals surface area contributed by atoms with Crippen LogP contribution in [-0.2, 0) is 6.54 Å². The molecule has 1 saturated carbocycles. The SMILES string of the molecule is O=C(c1cnc[nH]1)N(Cc1ccccc1)[C@@H]1CCCC[C@H]1O. The van der Waals surface area contributed by atoms with E-state index in [1.54, 1.807) is 4.90 Å². The van der Waals surface area contributed by atoms with Gasteiger partial charge in [0.05, 0.1) is 24.7 Å². The summed E-state index contributed by atoms with van der Waals surface area (Å²) >= 11 is 0. The van der Waals surface area contributed by atoms with Crippen molar-refractivity contribution in [2.45, 2.75) is 44.4 Å². The van der Waals surface area contributed by atoms with Gasteiger partial charge in [0.1, 0.15) is 5.69 Å². The number of amides is 1. The third kappa shape index (κ3) is 3.20. The molecule has 0 spiro atoms. The minimum absolute atomic E-state index is 0.104. The lowest BCUT2D eigenvalue weighted by Crippen LogP contribution is -2.48. The first-order valence-corrected chi connectivity index (χ1v) is 7.77. The van der Waals surface area contributed by atoms with Gasteiger partial charge in [-0.25, -0.2) is 4.98 Å². The van der Waals surface area contributed by atoms with Crippen molar-refractivity contribution in [1.29, 1.82) is 0 Å². The third-order valence-electron chi connectivity index (χ3n) is 4.28. The summed E-state index contributed by atoms with van der Waals surface area (Å²) in [6.07, 6.45) is 6.25. The number of hydrogen-bond donors (Lipinski definition) is 2. The van der Waals surface area contributed by atoms with Crippen molar-refractivity contribution in [1.82, 2.24) is 14.9 Å². The fraction of sp³-hybridized carbons (Fsp3) is 0.412. The summed E-state index contributed by atoms with van der Waals surface area (Å²) in [4.78, 5) is 21.4. The van der Waals surface area contributed by atoms with Crippen molar-refractivity contribution in [2.75, 3.05) is 0 Å². The lowest BCUT2D eigenvalue weighted by Gasteiger charge is -2.37. The van der Waals surface area contributed by atoms with E-state index in [-0.39, 0.29) is 11.9 Å². The van der Waals surface area contributed by atoms with Crippen LogP contribution in [0, 0.1) is 0 Å². The van der Waals surface area contributed by atoms with Gasteiger partial charge in [0.2, 0.25) is 0 Å². The van der Waals surface area contributed by atoms with Crippen LogP contribution in [0.5, 0.6) is 0 Å². The standard InChI is InChI=1S/C17H21N3O2/c21-16-9-5-4-8-15(16)20(11-13-6-2-1-3-7-13)17(22)14-10-18-12-19-14/h1-3,6-7,10,12,15-16,21H,4-5,8-9,11H2,(H,18,19)/t15-,16-/m1/s1. The molecule has 3 rings (SSSR count). The van der Waals surface area contributed by atoms with E-state index in [0.29, 0.717) is 12.2 Å². The highest BCUT2D eigenvalue weighted by molar-refractivity contribution is 5.92. The van der Waals surface area contributed by atoms with Crippen LogP contribution in [-0.4, -0.2) is 38.0 Å². The van der Waals surface area contributed by atoms with Crippen molar-refractivity contribution in [2.24, 2.45) is 0 Å². The molecule has 22 heavy (non-hydrogen) atoms. The van der Waals surface area contributed by atoms with E-state index in [0.717, 1.165) is 31.2 Å². The molecule has 1 fully saturated rings. The van der Waals surface area contributed by atoms with Crippen LogP contribution in [0.3, 0.4) is 0 Å². The number of imidazole rings is 1. The number of aliphatic hydroxyl groups is 1. The van der Waals surface area contributed by atoms with Gasteiger partial charge in [-0.15, -0.1) is 0 Å². The highest BCUT2D eigenvalue weighted by atomic mass is 16.3. The number of benzene rings is 1. The number of H-pyrrole nitrogens is 1. The Morgan fingerprint density at radius 3 is 2.73 bits per heavy atom. The number of carbonyl (C=O) groups excluding carboxylic acids is 1. The van der Waals surface area contributed by atoms with Gasteiger partial charge in [0, 0.05) is 6.54 Å². The number of nitrogens with one attached hydrogen (secondary N) is 1. The first kappa shape index (κ1) is 14.8. The molecule has 0 unspecified atom stereocenters. The lowest BCUT2D eigenvalue weighted by atomic mass is 9.91. The molecule has 2 atom stereocenters. The Balaban J connectivity index is 1.86. The van der Waals surface area contributed by atoms with E-state index >= 15 is 0 Å². The zero-order valence-corrected chi connectivity index (χ0v) is 12.5. The van der Waals surface area contributed by atoms with Gasteiger partial charge in [-0.1, -0.05) is 43.2 Å². The van der Waals surface area contributed by atoms with Gasteiger partial charge in [-0.2, -0.15) is 0 Å². The summed E-state index contributed by atoms with van der Waals surface area (Å²) in [5, 5.41) is 10.3. The smallest absolute Gasteiger partial charge is 0.272 e. The number of carbonyl (C=O) groups is 1. The van der Waals surface area contributed by atoms with Crippen molar-refractivity contribution >= 4 is 5.91 Å². The molecule has 1 aromatic heterocycles. The molecule has 0 bridgehead atoms. The zero-order chi connectivity index (χ0) is 15.4. The predicted octanol–water partition coefficient (Wildman–Crippen LogP) is 2.36. The van der Waals surface area contributed by atoms with E-state index in [9.17, 15) is 9.90 Å². The molecule has 0 radical (unpaired) electrons. The largest absolute Gasteiger partial charge is 0.391 e. The molecule has 116 valence electrons. The van der Waals surface area contributed by atoms with Gasteiger partial charge < -0.3 is 15.0 Å². The van der Waals surface area contributed by atoms with Crippen LogP contribution in [0.2, 0.25) is 0 Å². The summed E-state index contributed by atoms with van der Waals surface area (Å²) in [6.45, 7) is 0.500. The first-order chi connectivity index (χ1) is 10.8. The van der Waals surface area contributed by atoms with Gasteiger partial charge >= 0.3 is 0 Å². The minimum Gasteiger partial charge on any atom is -0.391 e. The molecule has 1 aliphatic rings. The Kier molecular flexibility index (Phi) is 4.53. The monoisotopic (exact) mass is 299 g/mol. The lowest BCUT2D eigenvalue weighted by molar-refractivity contribution is 0.0146. The molecule has 0 saturated heterocycles. The summed E-state index contributed by atoms with van der Waals surface area (Å²) in [5.41, 5.74) is 1.53. The molecule has 2 aromatic rings. The van der Waals surface area contributed by atoms with Crippen LogP contribution in [0.15, 0.2) is 42.9 Å². The molecule has 2 N–H and O–H groups in total. The van der Waals surface area contributed by atoms with Crippen molar-refractivity contribution < 1.29 is 9.90 Å². The number of aromatic nitrogens is 2. The number of nitrogens with zero attached hydrogens (tertiary/aromatic N) is 2. The quantitative estimate of drug-likeness (QED) is 0.910. The first-order valence-electron chi connectivity index (χ1n) is 7.77. The van der Waals surface area contributed by atoms with E-state index < -0.39 is 6.10 Å². The van der Waals surface area contributed by atoms with Gasteiger partial charge in [0.25, 0.3) is 5.91 Å². The Hall–Kier alpha value is -2.14. The second kappa shape index (κ2) is 6.75. The Bertz CT molecular complexity index is 598. The Morgan fingerprint density at radius 1 is 1.27 bits per heavy atom. The number of aliphatic hydroxyl groups excluding tert-OH is 1. The molecule has 1 amide bonds. The fourth-order valence-electron chi connectivity index (χ4n) is 3.10. The van der Waals surface area contributed by atoms with E-state index in [1.165, 1.54) is 12.5 Å². The number of rotatable bonds is 4. The van der Waals surface area contributed by atoms with Crippen molar-refractivity contribution in [3.8, 4) is 0 Å². The van der Waals surface area contributed by atoms with Crippen LogP contribution in [0.25, 0.3) is 0 Å². The maximum absolute atomic E-state index is 12.8. The highest BCUT2D eigenvalue weighted by Crippen LogP contribution is 2.26. The summed E-state index contributed by atoms with van der Waals surface area (Å²) < 4.78 is 0. The van der Waals surface area contributed by atoms with Crippen LogP contribution in [0.1, 0.15) is 41.7 Å². The van der Waals surface area contributed by atoms with Gasteiger partial charge in [-0.05, 0) is 18.4 Å². The minimum atomic E-state index is -0.454. The fourth-order valence-corrected chi connectivity index (χ4v) is 3.10. The maximum atomic E-state index is 12.8. The van der Waals surface area contributed by atoms with E-state index in [4.69, 9.17) is 0 Å². The topological polar surface area (TPSA) is 69.2 Å². The molecular formula is C17H21N3O2. The predicted molar refractivity (Wildman–Crippen MR) is 83.2 cm³/mol. The Morgan fingerprint density at radius 2 is 2.05 bits per heavy atom. The maximum Gasteiger partial charge on any atom is 0.272 e.